The van der Waals surface area contributed by atoms with Gasteiger partial charge in [-0.2, -0.15) is 0 Å². The third-order valence-corrected chi connectivity index (χ3v) is 4.95. The van der Waals surface area contributed by atoms with Crippen LogP contribution in [-0.2, 0) is 0 Å². The number of hydrogen-bond acceptors (Lipinski definition) is 5. The van der Waals surface area contributed by atoms with Gasteiger partial charge in [0.1, 0.15) is 5.75 Å². The smallest absolute Gasteiger partial charge is 0.282 e. The quantitative estimate of drug-likeness (QED) is 0.300. The Balaban J connectivity index is 2.04. The largest absolute Gasteiger partial charge is 0.497 e. The van der Waals surface area contributed by atoms with Gasteiger partial charge in [-0.3, -0.25) is 20.2 Å². The maximum Gasteiger partial charge on any atom is 0.282 e. The highest BCUT2D eigenvalue weighted by molar-refractivity contribution is 5.81. The standard InChI is InChI=1S/C23H17N3O5/c1-31-17-11-12-19(23(15-17)26(29)30)21-14-13-20(24(21)16-7-3-2-4-8-16)18-9-5-6-10-22(18)25(27)28/h2-15H,1H3. The van der Waals surface area contributed by atoms with Crippen LogP contribution < -0.4 is 4.74 Å². The van der Waals surface area contributed by atoms with Crippen molar-refractivity contribution in [3.05, 3.63) is 105 Å². The van der Waals surface area contributed by atoms with Gasteiger partial charge in [0.15, 0.2) is 0 Å². The Hall–Kier alpha value is -4.46. The van der Waals surface area contributed by atoms with Gasteiger partial charge in [0, 0.05) is 11.8 Å². The third-order valence-electron chi connectivity index (χ3n) is 4.95. The molecule has 0 aliphatic heterocycles. The van der Waals surface area contributed by atoms with Crippen LogP contribution in [0.25, 0.3) is 28.2 Å². The van der Waals surface area contributed by atoms with Crippen LogP contribution in [-0.4, -0.2) is 21.5 Å². The van der Waals surface area contributed by atoms with Crippen LogP contribution in [0, 0.1) is 20.2 Å². The van der Waals surface area contributed by atoms with Crippen molar-refractivity contribution in [3.8, 4) is 34.0 Å². The maximum absolute atomic E-state index is 11.8. The summed E-state index contributed by atoms with van der Waals surface area (Å²) >= 11 is 0. The summed E-state index contributed by atoms with van der Waals surface area (Å²) in [4.78, 5) is 22.5. The van der Waals surface area contributed by atoms with Crippen LogP contribution in [0.15, 0.2) is 84.9 Å². The van der Waals surface area contributed by atoms with Crippen molar-refractivity contribution >= 4 is 11.4 Å². The van der Waals surface area contributed by atoms with Crippen molar-refractivity contribution in [2.75, 3.05) is 7.11 Å². The summed E-state index contributed by atoms with van der Waals surface area (Å²) < 4.78 is 6.93. The van der Waals surface area contributed by atoms with Gasteiger partial charge in [0.25, 0.3) is 11.4 Å². The minimum absolute atomic E-state index is 0.0476. The van der Waals surface area contributed by atoms with E-state index in [0.29, 0.717) is 28.3 Å². The Kier molecular flexibility index (Phi) is 5.19. The molecular formula is C23H17N3O5. The number of nitro benzene ring substituents is 2. The number of methoxy groups -OCH3 is 1. The molecule has 1 aromatic heterocycles. The second kappa shape index (κ2) is 8.11. The Morgan fingerprint density at radius 1 is 0.710 bits per heavy atom. The first-order valence-electron chi connectivity index (χ1n) is 9.35. The summed E-state index contributed by atoms with van der Waals surface area (Å²) in [7, 11) is 1.44. The predicted octanol–water partition coefficient (Wildman–Crippen LogP) is 5.64. The molecule has 4 aromatic rings. The first-order valence-corrected chi connectivity index (χ1v) is 9.35. The van der Waals surface area contributed by atoms with E-state index in [2.05, 4.69) is 0 Å². The minimum atomic E-state index is -0.467. The van der Waals surface area contributed by atoms with Crippen molar-refractivity contribution in [1.82, 2.24) is 4.57 Å². The molecule has 1 heterocycles. The minimum Gasteiger partial charge on any atom is -0.497 e. The summed E-state index contributed by atoms with van der Waals surface area (Å²) in [6.07, 6.45) is 0. The highest BCUT2D eigenvalue weighted by Gasteiger charge is 2.24. The molecule has 0 radical (unpaired) electrons. The number of rotatable bonds is 6. The molecule has 0 amide bonds. The van der Waals surface area contributed by atoms with Crippen LogP contribution >= 0.6 is 0 Å². The van der Waals surface area contributed by atoms with Gasteiger partial charge in [-0.15, -0.1) is 0 Å². The molecule has 3 aromatic carbocycles. The molecule has 0 bridgehead atoms. The molecule has 0 spiro atoms. The summed E-state index contributed by atoms with van der Waals surface area (Å²) in [5, 5.41) is 23.4. The average Bonchev–Trinajstić information content (AvgIpc) is 3.24. The van der Waals surface area contributed by atoms with Gasteiger partial charge < -0.3 is 9.30 Å². The summed E-state index contributed by atoms with van der Waals surface area (Å²) in [5.41, 5.74) is 2.43. The van der Waals surface area contributed by atoms with Crippen LogP contribution in [0.5, 0.6) is 5.75 Å². The van der Waals surface area contributed by atoms with Crippen LogP contribution in [0.3, 0.4) is 0 Å². The molecule has 8 heteroatoms. The van der Waals surface area contributed by atoms with E-state index in [1.807, 2.05) is 30.3 Å². The van der Waals surface area contributed by atoms with E-state index in [9.17, 15) is 20.2 Å². The van der Waals surface area contributed by atoms with Crippen molar-refractivity contribution in [2.45, 2.75) is 0 Å². The Morgan fingerprint density at radius 2 is 1.29 bits per heavy atom. The zero-order valence-corrected chi connectivity index (χ0v) is 16.5. The monoisotopic (exact) mass is 415 g/mol. The molecule has 0 aliphatic carbocycles. The van der Waals surface area contributed by atoms with Crippen molar-refractivity contribution in [2.24, 2.45) is 0 Å². The summed E-state index contributed by atoms with van der Waals surface area (Å²) in [6, 6.07) is 23.7. The van der Waals surface area contributed by atoms with Gasteiger partial charge in [-0.1, -0.05) is 30.3 Å². The zero-order chi connectivity index (χ0) is 22.0. The number of hydrogen-bond donors (Lipinski definition) is 0. The first kappa shape index (κ1) is 19.8. The topological polar surface area (TPSA) is 100 Å². The number of nitrogens with zero attached hydrogens (tertiary/aromatic N) is 3. The van der Waals surface area contributed by atoms with Crippen LogP contribution in [0.4, 0.5) is 11.4 Å². The molecule has 0 saturated heterocycles. The van der Waals surface area contributed by atoms with E-state index >= 15 is 0 Å². The second-order valence-corrected chi connectivity index (χ2v) is 6.69. The second-order valence-electron chi connectivity index (χ2n) is 6.69. The highest BCUT2D eigenvalue weighted by Crippen LogP contribution is 2.40. The van der Waals surface area contributed by atoms with E-state index in [0.717, 1.165) is 5.69 Å². The summed E-state index contributed by atoms with van der Waals surface area (Å²) in [5.74, 6) is 0.368. The van der Waals surface area contributed by atoms with E-state index < -0.39 is 9.85 Å². The zero-order valence-electron chi connectivity index (χ0n) is 16.5. The molecule has 0 N–H and O–H groups in total. The molecule has 0 unspecified atom stereocenters. The number of aromatic nitrogens is 1. The normalized spacial score (nSPS) is 10.6. The van der Waals surface area contributed by atoms with Gasteiger partial charge >= 0.3 is 0 Å². The average molecular weight is 415 g/mol. The number of para-hydroxylation sites is 2. The molecule has 0 atom stereocenters. The molecule has 154 valence electrons. The number of nitro groups is 2. The first-order chi connectivity index (χ1) is 15.0. The van der Waals surface area contributed by atoms with E-state index in [1.54, 1.807) is 47.0 Å². The van der Waals surface area contributed by atoms with Crippen LogP contribution in [0.2, 0.25) is 0 Å². The molecule has 31 heavy (non-hydrogen) atoms. The Labute approximate surface area is 177 Å². The van der Waals surface area contributed by atoms with Crippen molar-refractivity contribution in [1.29, 1.82) is 0 Å². The number of ether oxygens (including phenoxy) is 1. The van der Waals surface area contributed by atoms with Crippen molar-refractivity contribution in [3.63, 3.8) is 0 Å². The van der Waals surface area contributed by atoms with Gasteiger partial charge in [0.05, 0.1) is 45.5 Å². The lowest BCUT2D eigenvalue weighted by molar-refractivity contribution is -0.384. The Morgan fingerprint density at radius 3 is 1.90 bits per heavy atom. The molecular weight excluding hydrogens is 398 g/mol. The maximum atomic E-state index is 11.8. The molecule has 8 nitrogen and oxygen atoms in total. The fourth-order valence-electron chi connectivity index (χ4n) is 3.57. The number of benzene rings is 3. The van der Waals surface area contributed by atoms with Gasteiger partial charge in [-0.25, -0.2) is 0 Å². The SMILES string of the molecule is COc1ccc(-c2ccc(-c3ccccc3[N+](=O)[O-])n2-c2ccccc2)c([N+](=O)[O-])c1. The van der Waals surface area contributed by atoms with E-state index in [1.165, 1.54) is 19.2 Å². The lowest BCUT2D eigenvalue weighted by Gasteiger charge is -2.15. The van der Waals surface area contributed by atoms with Gasteiger partial charge in [0.2, 0.25) is 0 Å². The summed E-state index contributed by atoms with van der Waals surface area (Å²) in [6.45, 7) is 0. The Bertz CT molecular complexity index is 1280. The third kappa shape index (κ3) is 3.62. The fraction of sp³-hybridized carbons (Fsp3) is 0.0435. The molecule has 4 rings (SSSR count). The molecule has 0 fully saturated rings. The predicted molar refractivity (Wildman–Crippen MR) is 117 cm³/mol. The van der Waals surface area contributed by atoms with E-state index in [4.69, 9.17) is 4.74 Å². The lowest BCUT2D eigenvalue weighted by Crippen LogP contribution is -2.02. The molecule has 0 aliphatic rings. The molecule has 0 saturated carbocycles. The van der Waals surface area contributed by atoms with Gasteiger partial charge in [-0.05, 0) is 42.5 Å². The van der Waals surface area contributed by atoms with E-state index in [-0.39, 0.29) is 11.4 Å². The lowest BCUT2D eigenvalue weighted by atomic mass is 10.1. The highest BCUT2D eigenvalue weighted by atomic mass is 16.6. The van der Waals surface area contributed by atoms with Crippen LogP contribution in [0.1, 0.15) is 0 Å². The fourth-order valence-corrected chi connectivity index (χ4v) is 3.57. The van der Waals surface area contributed by atoms with Crippen molar-refractivity contribution < 1.29 is 14.6 Å².